The van der Waals surface area contributed by atoms with E-state index in [-0.39, 0.29) is 17.9 Å². The van der Waals surface area contributed by atoms with E-state index in [4.69, 9.17) is 4.74 Å². The molecule has 1 aliphatic rings. The number of nitrogens with one attached hydrogen (secondary N) is 2. The van der Waals surface area contributed by atoms with E-state index in [9.17, 15) is 9.59 Å². The molecular weight excluding hydrogens is 370 g/mol. The molecule has 2 aromatic heterocycles. The first-order valence-corrected chi connectivity index (χ1v) is 9.83. The fourth-order valence-corrected chi connectivity index (χ4v) is 3.04. The first-order chi connectivity index (χ1) is 14.1. The summed E-state index contributed by atoms with van der Waals surface area (Å²) < 4.78 is 5.77. The molecule has 1 aliphatic heterocycles. The van der Waals surface area contributed by atoms with Crippen LogP contribution < -0.4 is 10.6 Å². The molecule has 2 N–H and O–H groups in total. The first kappa shape index (κ1) is 20.9. The molecule has 0 spiro atoms. The van der Waals surface area contributed by atoms with Gasteiger partial charge in [0.15, 0.2) is 0 Å². The van der Waals surface area contributed by atoms with Gasteiger partial charge in [-0.15, -0.1) is 0 Å². The lowest BCUT2D eigenvalue weighted by Gasteiger charge is -2.29. The minimum Gasteiger partial charge on any atom is -0.369 e. The molecule has 3 rings (SSSR count). The van der Waals surface area contributed by atoms with Crippen molar-refractivity contribution in [1.82, 2.24) is 25.5 Å². The monoisotopic (exact) mass is 397 g/mol. The molecule has 8 heteroatoms. The molecule has 154 valence electrons. The summed E-state index contributed by atoms with van der Waals surface area (Å²) >= 11 is 0. The van der Waals surface area contributed by atoms with Gasteiger partial charge in [-0.05, 0) is 37.2 Å². The number of rotatable bonds is 8. The maximum absolute atomic E-state index is 12.0. The van der Waals surface area contributed by atoms with Crippen LogP contribution in [0.1, 0.15) is 34.3 Å². The van der Waals surface area contributed by atoms with Crippen LogP contribution in [0.5, 0.6) is 0 Å². The molecule has 8 nitrogen and oxygen atoms in total. The van der Waals surface area contributed by atoms with Crippen molar-refractivity contribution in [3.05, 3.63) is 59.7 Å². The second kappa shape index (κ2) is 10.6. The van der Waals surface area contributed by atoms with Crippen LogP contribution in [-0.4, -0.2) is 66.5 Å². The number of pyridine rings is 2. The molecule has 3 heterocycles. The van der Waals surface area contributed by atoms with Gasteiger partial charge < -0.3 is 20.3 Å². The minimum atomic E-state index is -0.251. The zero-order valence-electron chi connectivity index (χ0n) is 16.6. The third kappa shape index (κ3) is 6.62. The summed E-state index contributed by atoms with van der Waals surface area (Å²) in [4.78, 5) is 34.6. The van der Waals surface area contributed by atoms with E-state index in [2.05, 4.69) is 32.5 Å². The Morgan fingerprint density at radius 2 is 2.03 bits per heavy atom. The van der Waals surface area contributed by atoms with Gasteiger partial charge in [0.2, 0.25) is 5.91 Å². The van der Waals surface area contributed by atoms with Gasteiger partial charge in [-0.3, -0.25) is 19.6 Å². The number of morpholine rings is 1. The molecular formula is C21H27N5O3. The molecule has 2 aromatic rings. The van der Waals surface area contributed by atoms with Crippen molar-refractivity contribution >= 4 is 11.8 Å². The standard InChI is InChI=1S/C21H27N5O3/c1-26-12-13-29-19(15-26)17-7-5-16(14-25-17)6-8-20(27)23-10-11-24-21(28)18-4-2-3-9-22-18/h2-5,7,9,14,19H,6,8,10-13,15H2,1H3,(H,23,27)(H,24,28). The van der Waals surface area contributed by atoms with Crippen LogP contribution in [-0.2, 0) is 16.0 Å². The fourth-order valence-electron chi connectivity index (χ4n) is 3.04. The highest BCUT2D eigenvalue weighted by molar-refractivity contribution is 5.92. The zero-order valence-corrected chi connectivity index (χ0v) is 16.6. The van der Waals surface area contributed by atoms with Crippen LogP contribution >= 0.6 is 0 Å². The van der Waals surface area contributed by atoms with Gasteiger partial charge in [0.25, 0.3) is 5.91 Å². The Morgan fingerprint density at radius 1 is 1.17 bits per heavy atom. The lowest BCUT2D eigenvalue weighted by molar-refractivity contribution is -0.121. The number of hydrogen-bond acceptors (Lipinski definition) is 6. The predicted octanol–water partition coefficient (Wildman–Crippen LogP) is 0.959. The Hall–Kier alpha value is -2.84. The van der Waals surface area contributed by atoms with E-state index in [1.54, 1.807) is 24.4 Å². The summed E-state index contributed by atoms with van der Waals surface area (Å²) in [5, 5.41) is 5.53. The van der Waals surface area contributed by atoms with Gasteiger partial charge in [0.05, 0.1) is 12.3 Å². The van der Waals surface area contributed by atoms with Gasteiger partial charge in [0, 0.05) is 45.0 Å². The first-order valence-electron chi connectivity index (χ1n) is 9.83. The van der Waals surface area contributed by atoms with Crippen molar-refractivity contribution in [2.75, 3.05) is 39.8 Å². The number of carbonyl (C=O) groups excluding carboxylic acids is 2. The van der Waals surface area contributed by atoms with Crippen LogP contribution in [0.4, 0.5) is 0 Å². The van der Waals surface area contributed by atoms with Crippen LogP contribution in [0.25, 0.3) is 0 Å². The number of carbonyl (C=O) groups is 2. The lowest BCUT2D eigenvalue weighted by atomic mass is 10.1. The minimum absolute atomic E-state index is 0.00685. The molecule has 0 radical (unpaired) electrons. The molecule has 2 amide bonds. The quantitative estimate of drug-likeness (QED) is 0.644. The summed E-state index contributed by atoms with van der Waals surface area (Å²) in [6.07, 6.45) is 4.38. The van der Waals surface area contributed by atoms with E-state index >= 15 is 0 Å². The maximum atomic E-state index is 12.0. The van der Waals surface area contributed by atoms with E-state index in [1.165, 1.54) is 0 Å². The molecule has 1 atom stereocenters. The van der Waals surface area contributed by atoms with Crippen LogP contribution in [0.15, 0.2) is 42.7 Å². The summed E-state index contributed by atoms with van der Waals surface area (Å²) in [7, 11) is 2.08. The molecule has 1 unspecified atom stereocenters. The zero-order chi connectivity index (χ0) is 20.5. The highest BCUT2D eigenvalue weighted by atomic mass is 16.5. The highest BCUT2D eigenvalue weighted by Gasteiger charge is 2.20. The van der Waals surface area contributed by atoms with Crippen molar-refractivity contribution in [2.24, 2.45) is 0 Å². The Labute approximate surface area is 170 Å². The number of nitrogens with zero attached hydrogens (tertiary/aromatic N) is 3. The van der Waals surface area contributed by atoms with Crippen LogP contribution in [0.2, 0.25) is 0 Å². The van der Waals surface area contributed by atoms with Crippen LogP contribution in [0, 0.1) is 0 Å². The molecule has 0 aliphatic carbocycles. The SMILES string of the molecule is CN1CCOC(c2ccc(CCC(=O)NCCNC(=O)c3ccccn3)cn2)C1. The van der Waals surface area contributed by atoms with Crippen LogP contribution in [0.3, 0.4) is 0 Å². The average molecular weight is 397 g/mol. The third-order valence-corrected chi connectivity index (χ3v) is 4.72. The largest absolute Gasteiger partial charge is 0.369 e. The van der Waals surface area contributed by atoms with Gasteiger partial charge in [-0.2, -0.15) is 0 Å². The molecule has 1 fully saturated rings. The number of likely N-dealkylation sites (N-methyl/N-ethyl adjacent to an activating group) is 1. The summed E-state index contributed by atoms with van der Waals surface area (Å²) in [5.41, 5.74) is 2.30. The van der Waals surface area contributed by atoms with Gasteiger partial charge in [-0.25, -0.2) is 0 Å². The summed E-state index contributed by atoms with van der Waals surface area (Å²) in [6.45, 7) is 3.23. The topological polar surface area (TPSA) is 96.5 Å². The molecule has 0 saturated carbocycles. The maximum Gasteiger partial charge on any atom is 0.269 e. The van der Waals surface area contributed by atoms with Gasteiger partial charge in [0.1, 0.15) is 11.8 Å². The predicted molar refractivity (Wildman–Crippen MR) is 108 cm³/mol. The molecule has 0 bridgehead atoms. The fraction of sp³-hybridized carbons (Fsp3) is 0.429. The number of ether oxygens (including phenoxy) is 1. The van der Waals surface area contributed by atoms with Gasteiger partial charge in [-0.1, -0.05) is 12.1 Å². The number of aryl methyl sites for hydroxylation is 1. The normalized spacial score (nSPS) is 16.9. The second-order valence-corrected chi connectivity index (χ2v) is 7.03. The van der Waals surface area contributed by atoms with E-state index in [1.807, 2.05) is 18.3 Å². The third-order valence-electron chi connectivity index (χ3n) is 4.72. The summed E-state index contributed by atoms with van der Waals surface area (Å²) in [6, 6.07) is 9.13. The van der Waals surface area contributed by atoms with Gasteiger partial charge >= 0.3 is 0 Å². The number of aromatic nitrogens is 2. The molecule has 0 aromatic carbocycles. The number of hydrogen-bond donors (Lipinski definition) is 2. The second-order valence-electron chi connectivity index (χ2n) is 7.03. The summed E-state index contributed by atoms with van der Waals surface area (Å²) in [5.74, 6) is -0.308. The average Bonchev–Trinajstić information content (AvgIpc) is 2.76. The smallest absolute Gasteiger partial charge is 0.269 e. The van der Waals surface area contributed by atoms with E-state index in [0.717, 1.165) is 24.3 Å². The van der Waals surface area contributed by atoms with Crippen molar-refractivity contribution in [3.8, 4) is 0 Å². The Morgan fingerprint density at radius 3 is 2.76 bits per heavy atom. The van der Waals surface area contributed by atoms with Crippen molar-refractivity contribution in [2.45, 2.75) is 18.9 Å². The molecule has 1 saturated heterocycles. The number of amides is 2. The Balaban J connectivity index is 1.33. The highest BCUT2D eigenvalue weighted by Crippen LogP contribution is 2.19. The van der Waals surface area contributed by atoms with Crippen molar-refractivity contribution in [1.29, 1.82) is 0 Å². The molecule has 29 heavy (non-hydrogen) atoms. The van der Waals surface area contributed by atoms with E-state index in [0.29, 0.717) is 38.2 Å². The van der Waals surface area contributed by atoms with E-state index < -0.39 is 0 Å². The Bertz CT molecular complexity index is 798. The van der Waals surface area contributed by atoms with Crippen molar-refractivity contribution < 1.29 is 14.3 Å². The van der Waals surface area contributed by atoms with Crippen molar-refractivity contribution in [3.63, 3.8) is 0 Å². The lowest BCUT2D eigenvalue weighted by Crippen LogP contribution is -2.35. The Kier molecular flexibility index (Phi) is 7.66.